The highest BCUT2D eigenvalue weighted by Crippen LogP contribution is 2.48. The van der Waals surface area contributed by atoms with E-state index in [9.17, 15) is 18.3 Å². The molecule has 1 aromatic carbocycles. The molecule has 1 aromatic heterocycles. The first kappa shape index (κ1) is 15.7. The van der Waals surface area contributed by atoms with Gasteiger partial charge < -0.3 is 15.0 Å². The molecular weight excluding hydrogens is 319 g/mol. The summed E-state index contributed by atoms with van der Waals surface area (Å²) in [5.74, 6) is -0.827. The molecular formula is C17H18F3N3O. The molecule has 24 heavy (non-hydrogen) atoms. The van der Waals surface area contributed by atoms with Crippen LogP contribution in [0.1, 0.15) is 29.9 Å². The summed E-state index contributed by atoms with van der Waals surface area (Å²) in [4.78, 5) is 3.91. The first-order chi connectivity index (χ1) is 11.4. The maximum Gasteiger partial charge on any atom is 0.449 e. The maximum atomic E-state index is 13.2. The topological polar surface area (TPSA) is 50.1 Å². The minimum Gasteiger partial charge on any atom is -0.395 e. The first-order valence-electron chi connectivity index (χ1n) is 8.04. The number of fused-ring (bicyclic) bond motifs is 1. The van der Waals surface area contributed by atoms with Crippen molar-refractivity contribution in [3.63, 3.8) is 0 Å². The van der Waals surface area contributed by atoms with Crippen molar-refractivity contribution in [2.45, 2.75) is 37.5 Å². The van der Waals surface area contributed by atoms with Gasteiger partial charge >= 0.3 is 6.18 Å². The van der Waals surface area contributed by atoms with Gasteiger partial charge in [-0.3, -0.25) is 0 Å². The van der Waals surface area contributed by atoms with Crippen LogP contribution in [-0.4, -0.2) is 27.8 Å². The molecule has 128 valence electrons. The summed E-state index contributed by atoms with van der Waals surface area (Å²) >= 11 is 0. The number of benzene rings is 1. The van der Waals surface area contributed by atoms with Crippen molar-refractivity contribution in [2.24, 2.45) is 0 Å². The molecule has 0 unspecified atom stereocenters. The van der Waals surface area contributed by atoms with E-state index in [1.54, 1.807) is 0 Å². The molecule has 7 heteroatoms. The van der Waals surface area contributed by atoms with Gasteiger partial charge in [-0.25, -0.2) is 4.98 Å². The monoisotopic (exact) mass is 337 g/mol. The standard InChI is InChI=1S/C17H18F3N3O/c18-17(19,20)15-22-14(13-9-21-7-8-23(13)15)11-1-3-12(4-2-11)16(10-24)5-6-16/h1-4,21,24H,5-10H2. The summed E-state index contributed by atoms with van der Waals surface area (Å²) in [7, 11) is 0. The predicted molar refractivity (Wildman–Crippen MR) is 82.4 cm³/mol. The minimum atomic E-state index is -4.46. The van der Waals surface area contributed by atoms with Crippen LogP contribution >= 0.6 is 0 Å². The van der Waals surface area contributed by atoms with Crippen LogP contribution in [0.25, 0.3) is 11.3 Å². The summed E-state index contributed by atoms with van der Waals surface area (Å²) in [5.41, 5.74) is 2.52. The van der Waals surface area contributed by atoms with Crippen molar-refractivity contribution in [3.8, 4) is 11.3 Å². The maximum absolute atomic E-state index is 13.2. The zero-order valence-electron chi connectivity index (χ0n) is 13.0. The summed E-state index contributed by atoms with van der Waals surface area (Å²) in [6, 6.07) is 7.41. The van der Waals surface area contributed by atoms with Crippen molar-refractivity contribution in [1.82, 2.24) is 14.9 Å². The Hall–Kier alpha value is -1.86. The van der Waals surface area contributed by atoms with Crippen LogP contribution < -0.4 is 5.32 Å². The van der Waals surface area contributed by atoms with Crippen LogP contribution in [0.3, 0.4) is 0 Å². The van der Waals surface area contributed by atoms with E-state index >= 15 is 0 Å². The lowest BCUT2D eigenvalue weighted by molar-refractivity contribution is -0.147. The largest absolute Gasteiger partial charge is 0.449 e. The minimum absolute atomic E-state index is 0.106. The van der Waals surface area contributed by atoms with E-state index in [1.807, 2.05) is 24.3 Å². The molecule has 4 rings (SSSR count). The molecule has 0 atom stereocenters. The van der Waals surface area contributed by atoms with Gasteiger partial charge in [0.25, 0.3) is 0 Å². The number of alkyl halides is 3. The highest BCUT2D eigenvalue weighted by atomic mass is 19.4. The molecule has 1 saturated carbocycles. The fourth-order valence-electron chi connectivity index (χ4n) is 3.42. The predicted octanol–water partition coefficient (Wildman–Crippen LogP) is 2.70. The molecule has 2 aliphatic rings. The number of hydrogen-bond donors (Lipinski definition) is 2. The molecule has 4 nitrogen and oxygen atoms in total. The lowest BCUT2D eigenvalue weighted by Gasteiger charge is -2.19. The Balaban J connectivity index is 1.75. The number of aliphatic hydroxyl groups is 1. The van der Waals surface area contributed by atoms with Gasteiger partial charge in [0.05, 0.1) is 18.0 Å². The molecule has 0 radical (unpaired) electrons. The second-order valence-corrected chi connectivity index (χ2v) is 6.57. The third-order valence-corrected chi connectivity index (χ3v) is 5.06. The summed E-state index contributed by atoms with van der Waals surface area (Å²) in [6.07, 6.45) is -2.56. The Labute approximate surface area is 137 Å². The van der Waals surface area contributed by atoms with Gasteiger partial charge in [-0.05, 0) is 18.4 Å². The van der Waals surface area contributed by atoms with E-state index < -0.39 is 12.0 Å². The second kappa shape index (κ2) is 5.32. The molecule has 2 aromatic rings. The lowest BCUT2D eigenvalue weighted by atomic mass is 9.95. The zero-order valence-corrected chi connectivity index (χ0v) is 13.0. The highest BCUT2D eigenvalue weighted by Gasteiger charge is 2.43. The van der Waals surface area contributed by atoms with Crippen LogP contribution in [0.15, 0.2) is 24.3 Å². The number of aliphatic hydroxyl groups excluding tert-OH is 1. The Kier molecular flexibility index (Phi) is 3.47. The number of halogens is 3. The number of nitrogens with one attached hydrogen (secondary N) is 1. The van der Waals surface area contributed by atoms with E-state index in [2.05, 4.69) is 10.3 Å². The van der Waals surface area contributed by atoms with Gasteiger partial charge in [0.2, 0.25) is 5.82 Å². The van der Waals surface area contributed by atoms with Crippen LogP contribution in [0, 0.1) is 0 Å². The van der Waals surface area contributed by atoms with Gasteiger partial charge in [-0.1, -0.05) is 24.3 Å². The fraction of sp³-hybridized carbons (Fsp3) is 0.471. The van der Waals surface area contributed by atoms with Crippen LogP contribution in [0.4, 0.5) is 13.2 Å². The molecule has 1 fully saturated rings. The van der Waals surface area contributed by atoms with Crippen LogP contribution in [0.5, 0.6) is 0 Å². The van der Waals surface area contributed by atoms with E-state index in [0.29, 0.717) is 30.0 Å². The summed E-state index contributed by atoms with van der Waals surface area (Å²) in [6.45, 7) is 1.25. The number of imidazole rings is 1. The quantitative estimate of drug-likeness (QED) is 0.905. The Morgan fingerprint density at radius 1 is 1.21 bits per heavy atom. The van der Waals surface area contributed by atoms with Gasteiger partial charge in [0.15, 0.2) is 0 Å². The summed E-state index contributed by atoms with van der Waals surface area (Å²) < 4.78 is 41.0. The van der Waals surface area contributed by atoms with E-state index in [-0.39, 0.29) is 18.6 Å². The Morgan fingerprint density at radius 2 is 1.92 bits per heavy atom. The van der Waals surface area contributed by atoms with Gasteiger partial charge in [0.1, 0.15) is 0 Å². The number of hydrogen-bond acceptors (Lipinski definition) is 3. The Bertz CT molecular complexity index is 761. The average molecular weight is 337 g/mol. The van der Waals surface area contributed by atoms with Crippen LogP contribution in [0.2, 0.25) is 0 Å². The molecule has 1 aliphatic carbocycles. The number of rotatable bonds is 3. The third-order valence-electron chi connectivity index (χ3n) is 5.06. The molecule has 2 heterocycles. The van der Waals surface area contributed by atoms with E-state index in [1.165, 1.54) is 4.57 Å². The van der Waals surface area contributed by atoms with Crippen molar-refractivity contribution in [3.05, 3.63) is 41.3 Å². The van der Waals surface area contributed by atoms with Gasteiger partial charge in [-0.2, -0.15) is 13.2 Å². The number of nitrogens with zero attached hydrogens (tertiary/aromatic N) is 2. The van der Waals surface area contributed by atoms with Gasteiger partial charge in [-0.15, -0.1) is 0 Å². The second-order valence-electron chi connectivity index (χ2n) is 6.57. The van der Waals surface area contributed by atoms with Crippen molar-refractivity contribution < 1.29 is 18.3 Å². The molecule has 1 aliphatic heterocycles. The molecule has 0 bridgehead atoms. The Morgan fingerprint density at radius 3 is 2.50 bits per heavy atom. The number of aromatic nitrogens is 2. The molecule has 0 amide bonds. The normalized spacial score (nSPS) is 19.2. The lowest BCUT2D eigenvalue weighted by Crippen LogP contribution is -2.30. The SMILES string of the molecule is OCC1(c2ccc(-c3nc(C(F)(F)F)n4c3CNCC4)cc2)CC1. The smallest absolute Gasteiger partial charge is 0.395 e. The summed E-state index contributed by atoms with van der Waals surface area (Å²) in [5, 5.41) is 12.6. The van der Waals surface area contributed by atoms with Crippen molar-refractivity contribution >= 4 is 0 Å². The average Bonchev–Trinajstić information content (AvgIpc) is 3.27. The highest BCUT2D eigenvalue weighted by molar-refractivity contribution is 5.63. The molecule has 0 saturated heterocycles. The van der Waals surface area contributed by atoms with E-state index in [4.69, 9.17) is 0 Å². The van der Waals surface area contributed by atoms with Crippen molar-refractivity contribution in [2.75, 3.05) is 13.2 Å². The van der Waals surface area contributed by atoms with Crippen molar-refractivity contribution in [1.29, 1.82) is 0 Å². The molecule has 0 spiro atoms. The van der Waals surface area contributed by atoms with Crippen LogP contribution in [-0.2, 0) is 24.7 Å². The first-order valence-corrected chi connectivity index (χ1v) is 8.04. The van der Waals surface area contributed by atoms with Gasteiger partial charge in [0, 0.05) is 30.6 Å². The zero-order chi connectivity index (χ0) is 16.9. The third kappa shape index (κ3) is 2.43. The fourth-order valence-corrected chi connectivity index (χ4v) is 3.42. The molecule has 2 N–H and O–H groups in total. The van der Waals surface area contributed by atoms with E-state index in [0.717, 1.165) is 18.4 Å².